The number of hydrogen-bond acceptors (Lipinski definition) is 6. The Kier molecular flexibility index (Phi) is 4.73. The molecule has 0 amide bonds. The molecule has 0 radical (unpaired) electrons. The number of aromatic nitrogens is 2. The Labute approximate surface area is 115 Å². The standard InChI is InChI=1S/C12H22N4O2S/c1-6-13-11-14-7-9(2)10(16-11)15-8-12(3,4)19(5,17)18/h7H,6,8H2,1-5H3,(H2,13,14,15,16). The SMILES string of the molecule is CCNc1ncc(C)c(NCC(C)(C)S(C)(=O)=O)n1. The topological polar surface area (TPSA) is 84.0 Å². The Morgan fingerprint density at radius 3 is 2.47 bits per heavy atom. The zero-order chi connectivity index (χ0) is 14.7. The molecular weight excluding hydrogens is 264 g/mol. The van der Waals surface area contributed by atoms with Gasteiger partial charge in [0.15, 0.2) is 9.84 Å². The van der Waals surface area contributed by atoms with Crippen LogP contribution in [0.15, 0.2) is 6.20 Å². The molecule has 1 heterocycles. The summed E-state index contributed by atoms with van der Waals surface area (Å²) < 4.78 is 22.4. The average molecular weight is 286 g/mol. The van der Waals surface area contributed by atoms with Gasteiger partial charge >= 0.3 is 0 Å². The van der Waals surface area contributed by atoms with E-state index in [1.54, 1.807) is 20.0 Å². The zero-order valence-electron chi connectivity index (χ0n) is 12.1. The fourth-order valence-corrected chi connectivity index (χ4v) is 1.63. The van der Waals surface area contributed by atoms with Crippen LogP contribution in [0, 0.1) is 6.92 Å². The number of sulfone groups is 1. The van der Waals surface area contributed by atoms with E-state index >= 15 is 0 Å². The maximum Gasteiger partial charge on any atom is 0.224 e. The summed E-state index contributed by atoms with van der Waals surface area (Å²) in [6, 6.07) is 0. The lowest BCUT2D eigenvalue weighted by Crippen LogP contribution is -2.38. The number of nitrogens with zero attached hydrogens (tertiary/aromatic N) is 2. The summed E-state index contributed by atoms with van der Waals surface area (Å²) in [7, 11) is -3.13. The van der Waals surface area contributed by atoms with Gasteiger partial charge in [-0.25, -0.2) is 13.4 Å². The molecular formula is C12H22N4O2S. The molecule has 1 rings (SSSR count). The monoisotopic (exact) mass is 286 g/mol. The Bertz CT molecular complexity index is 541. The van der Waals surface area contributed by atoms with E-state index < -0.39 is 14.6 Å². The average Bonchev–Trinajstić information content (AvgIpc) is 2.29. The van der Waals surface area contributed by atoms with E-state index in [1.807, 2.05) is 13.8 Å². The quantitative estimate of drug-likeness (QED) is 0.823. The Morgan fingerprint density at radius 2 is 1.95 bits per heavy atom. The molecule has 2 N–H and O–H groups in total. The van der Waals surface area contributed by atoms with E-state index in [0.717, 1.165) is 12.1 Å². The third-order valence-corrected chi connectivity index (χ3v) is 5.14. The molecule has 108 valence electrons. The summed E-state index contributed by atoms with van der Waals surface area (Å²) in [5.41, 5.74) is 0.881. The normalized spacial score (nSPS) is 12.3. The first kappa shape index (κ1) is 15.7. The Hall–Kier alpha value is -1.37. The minimum absolute atomic E-state index is 0.301. The predicted molar refractivity (Wildman–Crippen MR) is 78.3 cm³/mol. The molecule has 1 aromatic rings. The van der Waals surface area contributed by atoms with Crippen molar-refractivity contribution in [2.45, 2.75) is 32.4 Å². The molecule has 0 bridgehead atoms. The second-order valence-corrected chi connectivity index (χ2v) is 7.79. The highest BCUT2D eigenvalue weighted by atomic mass is 32.2. The summed E-state index contributed by atoms with van der Waals surface area (Å²) >= 11 is 0. The van der Waals surface area contributed by atoms with Crippen molar-refractivity contribution in [2.75, 3.05) is 30.0 Å². The summed E-state index contributed by atoms with van der Waals surface area (Å²) in [5.74, 6) is 1.19. The Morgan fingerprint density at radius 1 is 1.32 bits per heavy atom. The fraction of sp³-hybridized carbons (Fsp3) is 0.667. The molecule has 1 aromatic heterocycles. The fourth-order valence-electron chi connectivity index (χ4n) is 1.29. The summed E-state index contributed by atoms with van der Waals surface area (Å²) in [6.45, 7) is 8.26. The van der Waals surface area contributed by atoms with Crippen molar-refractivity contribution < 1.29 is 8.42 Å². The van der Waals surface area contributed by atoms with Gasteiger partial charge < -0.3 is 10.6 Å². The maximum atomic E-state index is 11.6. The molecule has 0 aliphatic carbocycles. The van der Waals surface area contributed by atoms with Gasteiger partial charge in [-0.15, -0.1) is 0 Å². The van der Waals surface area contributed by atoms with Crippen molar-refractivity contribution in [3.05, 3.63) is 11.8 Å². The number of hydrogen-bond donors (Lipinski definition) is 2. The van der Waals surface area contributed by atoms with Crippen LogP contribution in [-0.2, 0) is 9.84 Å². The largest absolute Gasteiger partial charge is 0.368 e. The van der Waals surface area contributed by atoms with Gasteiger partial charge in [0.2, 0.25) is 5.95 Å². The first-order chi connectivity index (χ1) is 8.67. The highest BCUT2D eigenvalue weighted by molar-refractivity contribution is 7.92. The molecule has 0 aliphatic rings. The third kappa shape index (κ3) is 4.05. The van der Waals surface area contributed by atoms with E-state index in [4.69, 9.17) is 0 Å². The summed E-state index contributed by atoms with van der Waals surface area (Å²) in [5, 5.41) is 6.11. The molecule has 19 heavy (non-hydrogen) atoms. The van der Waals surface area contributed by atoms with Crippen molar-refractivity contribution >= 4 is 21.6 Å². The van der Waals surface area contributed by atoms with E-state index in [0.29, 0.717) is 18.3 Å². The lowest BCUT2D eigenvalue weighted by Gasteiger charge is -2.23. The second-order valence-electron chi connectivity index (χ2n) is 5.14. The van der Waals surface area contributed by atoms with E-state index in [2.05, 4.69) is 20.6 Å². The van der Waals surface area contributed by atoms with Crippen molar-refractivity contribution in [1.29, 1.82) is 0 Å². The first-order valence-corrected chi connectivity index (χ1v) is 8.07. The molecule has 0 spiro atoms. The van der Waals surface area contributed by atoms with Crippen LogP contribution < -0.4 is 10.6 Å². The van der Waals surface area contributed by atoms with Crippen LogP contribution in [-0.4, -0.2) is 42.5 Å². The number of anilines is 2. The molecule has 0 unspecified atom stereocenters. The van der Waals surface area contributed by atoms with Gasteiger partial charge in [-0.1, -0.05) is 0 Å². The van der Waals surface area contributed by atoms with Crippen LogP contribution in [0.4, 0.5) is 11.8 Å². The van der Waals surface area contributed by atoms with Crippen LogP contribution in [0.25, 0.3) is 0 Å². The number of nitrogens with one attached hydrogen (secondary N) is 2. The smallest absolute Gasteiger partial charge is 0.224 e. The number of aryl methyl sites for hydroxylation is 1. The highest BCUT2D eigenvalue weighted by Gasteiger charge is 2.30. The predicted octanol–water partition coefficient (Wildman–Crippen LogP) is 1.45. The van der Waals surface area contributed by atoms with E-state index in [9.17, 15) is 8.42 Å². The molecule has 0 saturated carbocycles. The van der Waals surface area contributed by atoms with Gasteiger partial charge in [0, 0.05) is 31.1 Å². The van der Waals surface area contributed by atoms with Gasteiger partial charge in [0.25, 0.3) is 0 Å². The van der Waals surface area contributed by atoms with Gasteiger partial charge in [-0.2, -0.15) is 4.98 Å². The molecule has 0 fully saturated rings. The van der Waals surface area contributed by atoms with Crippen LogP contribution in [0.3, 0.4) is 0 Å². The molecule has 0 atom stereocenters. The molecule has 6 nitrogen and oxygen atoms in total. The van der Waals surface area contributed by atoms with Gasteiger partial charge in [0.1, 0.15) is 5.82 Å². The second kappa shape index (κ2) is 5.73. The molecule has 0 saturated heterocycles. The third-order valence-electron chi connectivity index (χ3n) is 2.99. The van der Waals surface area contributed by atoms with Crippen LogP contribution in [0.2, 0.25) is 0 Å². The van der Waals surface area contributed by atoms with Crippen LogP contribution in [0.5, 0.6) is 0 Å². The van der Waals surface area contributed by atoms with Crippen molar-refractivity contribution in [3.8, 4) is 0 Å². The van der Waals surface area contributed by atoms with Crippen LogP contribution in [0.1, 0.15) is 26.3 Å². The zero-order valence-corrected chi connectivity index (χ0v) is 12.9. The summed E-state index contributed by atoms with van der Waals surface area (Å²) in [4.78, 5) is 8.46. The maximum absolute atomic E-state index is 11.6. The van der Waals surface area contributed by atoms with E-state index in [1.165, 1.54) is 6.26 Å². The minimum Gasteiger partial charge on any atom is -0.368 e. The highest BCUT2D eigenvalue weighted by Crippen LogP contribution is 2.18. The van der Waals surface area contributed by atoms with Crippen molar-refractivity contribution in [2.24, 2.45) is 0 Å². The lowest BCUT2D eigenvalue weighted by molar-refractivity contribution is 0.559. The number of rotatable bonds is 6. The Balaban J connectivity index is 2.86. The van der Waals surface area contributed by atoms with Crippen molar-refractivity contribution in [3.63, 3.8) is 0 Å². The molecule has 7 heteroatoms. The van der Waals surface area contributed by atoms with Gasteiger partial charge in [-0.05, 0) is 27.7 Å². The van der Waals surface area contributed by atoms with E-state index in [-0.39, 0.29) is 0 Å². The molecule has 0 aromatic carbocycles. The van der Waals surface area contributed by atoms with Gasteiger partial charge in [-0.3, -0.25) is 0 Å². The van der Waals surface area contributed by atoms with Gasteiger partial charge in [0.05, 0.1) is 4.75 Å². The molecule has 0 aliphatic heterocycles. The first-order valence-electron chi connectivity index (χ1n) is 6.18. The minimum atomic E-state index is -3.13. The van der Waals surface area contributed by atoms with Crippen molar-refractivity contribution in [1.82, 2.24) is 9.97 Å². The van der Waals surface area contributed by atoms with Crippen LogP contribution >= 0.6 is 0 Å². The summed E-state index contributed by atoms with van der Waals surface area (Å²) in [6.07, 6.45) is 2.95. The lowest BCUT2D eigenvalue weighted by atomic mass is 10.2.